The highest BCUT2D eigenvalue weighted by atomic mass is 32.1. The van der Waals surface area contributed by atoms with E-state index in [9.17, 15) is 0 Å². The standard InChI is InChI=1S/C35H22S/c1-3-9-23(10-4-1)25-15-17-28-29-18-16-26(24-11-5-2-6-12-24)22-33(29)35(32(28)21-25)31-14-8-7-13-27(31)30-19-20-36-34(30)35/h1-22H. The molecule has 5 aromatic carbocycles. The van der Waals surface area contributed by atoms with Crippen molar-refractivity contribution in [2.75, 3.05) is 0 Å². The number of hydrogen-bond donors (Lipinski definition) is 0. The maximum atomic E-state index is 2.46. The van der Waals surface area contributed by atoms with Crippen molar-refractivity contribution in [2.24, 2.45) is 0 Å². The SMILES string of the molecule is c1ccc(-c2ccc3c(c2)C2(c4cc(-c5ccccc5)ccc4-3)c3ccccc3-c3ccsc32)cc1. The van der Waals surface area contributed by atoms with Crippen LogP contribution in [0.2, 0.25) is 0 Å². The second-order valence-corrected chi connectivity index (χ2v) is 10.6. The van der Waals surface area contributed by atoms with Crippen molar-refractivity contribution in [3.8, 4) is 44.5 Å². The molecule has 1 spiro atoms. The largest absolute Gasteiger partial charge is 0.147 e. The van der Waals surface area contributed by atoms with Crippen LogP contribution in [0.3, 0.4) is 0 Å². The summed E-state index contributed by atoms with van der Waals surface area (Å²) in [4.78, 5) is 1.44. The fourth-order valence-corrected chi connectivity index (χ4v) is 7.61. The lowest BCUT2D eigenvalue weighted by Gasteiger charge is -2.30. The van der Waals surface area contributed by atoms with Gasteiger partial charge < -0.3 is 0 Å². The molecular weight excluding hydrogens is 452 g/mol. The van der Waals surface area contributed by atoms with E-state index in [1.165, 1.54) is 66.1 Å². The van der Waals surface area contributed by atoms with Crippen LogP contribution < -0.4 is 0 Å². The summed E-state index contributed by atoms with van der Waals surface area (Å²) in [6.45, 7) is 0. The predicted octanol–water partition coefficient (Wildman–Crippen LogP) is 9.43. The van der Waals surface area contributed by atoms with Crippen molar-refractivity contribution in [2.45, 2.75) is 5.41 Å². The second kappa shape index (κ2) is 7.40. The Kier molecular flexibility index (Phi) is 4.12. The summed E-state index contributed by atoms with van der Waals surface area (Å²) in [6, 6.07) is 47.1. The van der Waals surface area contributed by atoms with E-state index in [-0.39, 0.29) is 5.41 Å². The molecule has 0 atom stereocenters. The summed E-state index contributed by atoms with van der Waals surface area (Å²) in [7, 11) is 0. The van der Waals surface area contributed by atoms with Gasteiger partial charge in [0.05, 0.1) is 5.41 Å². The molecule has 0 amide bonds. The molecule has 36 heavy (non-hydrogen) atoms. The van der Waals surface area contributed by atoms with E-state index in [0.29, 0.717) is 0 Å². The summed E-state index contributed by atoms with van der Waals surface area (Å²) in [5, 5.41) is 2.27. The maximum Gasteiger partial charge on any atom is 0.0819 e. The quantitative estimate of drug-likeness (QED) is 0.234. The normalized spacial score (nSPS) is 13.8. The van der Waals surface area contributed by atoms with E-state index < -0.39 is 0 Å². The lowest BCUT2D eigenvalue weighted by atomic mass is 9.73. The van der Waals surface area contributed by atoms with Crippen LogP contribution >= 0.6 is 11.3 Å². The van der Waals surface area contributed by atoms with Gasteiger partial charge in [0.25, 0.3) is 0 Å². The van der Waals surface area contributed by atoms with Crippen molar-refractivity contribution >= 4 is 11.3 Å². The molecule has 1 heteroatoms. The molecule has 6 aromatic rings. The summed E-state index contributed by atoms with van der Waals surface area (Å²) in [5.74, 6) is 0. The molecule has 0 saturated carbocycles. The molecular formula is C35H22S. The molecule has 0 saturated heterocycles. The van der Waals surface area contributed by atoms with E-state index in [4.69, 9.17) is 0 Å². The summed E-state index contributed by atoms with van der Waals surface area (Å²) >= 11 is 1.90. The van der Waals surface area contributed by atoms with Crippen LogP contribution in [0.5, 0.6) is 0 Å². The van der Waals surface area contributed by atoms with Crippen LogP contribution in [0.25, 0.3) is 44.5 Å². The Bertz CT molecular complexity index is 1680. The third-order valence-electron chi connectivity index (χ3n) is 7.98. The maximum absolute atomic E-state index is 2.46. The Hall–Kier alpha value is -4.20. The average Bonchev–Trinajstić information content (AvgIpc) is 3.62. The zero-order valence-corrected chi connectivity index (χ0v) is 20.4. The highest BCUT2D eigenvalue weighted by Gasteiger charge is 2.52. The van der Waals surface area contributed by atoms with E-state index in [2.05, 4.69) is 133 Å². The minimum absolute atomic E-state index is 0.291. The van der Waals surface area contributed by atoms with E-state index >= 15 is 0 Å². The molecule has 1 aromatic heterocycles. The van der Waals surface area contributed by atoms with Gasteiger partial charge in [0, 0.05) is 4.88 Å². The number of fused-ring (bicyclic) bond motifs is 10. The van der Waals surface area contributed by atoms with Crippen LogP contribution in [-0.4, -0.2) is 0 Å². The van der Waals surface area contributed by atoms with Crippen molar-refractivity contribution in [1.29, 1.82) is 0 Å². The fraction of sp³-hybridized carbons (Fsp3) is 0.0286. The highest BCUT2D eigenvalue weighted by molar-refractivity contribution is 7.11. The van der Waals surface area contributed by atoms with Gasteiger partial charge >= 0.3 is 0 Å². The van der Waals surface area contributed by atoms with Gasteiger partial charge in [-0.3, -0.25) is 0 Å². The predicted molar refractivity (Wildman–Crippen MR) is 151 cm³/mol. The molecule has 0 fully saturated rings. The Labute approximate surface area is 215 Å². The summed E-state index contributed by atoms with van der Waals surface area (Å²) < 4.78 is 0. The topological polar surface area (TPSA) is 0 Å². The van der Waals surface area contributed by atoms with Crippen LogP contribution in [-0.2, 0) is 5.41 Å². The van der Waals surface area contributed by atoms with Crippen molar-refractivity contribution in [1.82, 2.24) is 0 Å². The molecule has 0 radical (unpaired) electrons. The summed E-state index contributed by atoms with van der Waals surface area (Å²) in [6.07, 6.45) is 0. The Morgan fingerprint density at radius 3 is 1.53 bits per heavy atom. The van der Waals surface area contributed by atoms with Crippen molar-refractivity contribution < 1.29 is 0 Å². The summed E-state index contributed by atoms with van der Waals surface area (Å²) in [5.41, 5.74) is 14.4. The van der Waals surface area contributed by atoms with Gasteiger partial charge in [-0.1, -0.05) is 109 Å². The molecule has 8 rings (SSSR count). The van der Waals surface area contributed by atoms with Crippen LogP contribution in [0.1, 0.15) is 21.6 Å². The first kappa shape index (κ1) is 20.0. The first-order valence-electron chi connectivity index (χ1n) is 12.4. The number of thiophene rings is 1. The molecule has 2 aliphatic rings. The number of rotatable bonds is 2. The van der Waals surface area contributed by atoms with Crippen LogP contribution in [0.4, 0.5) is 0 Å². The molecule has 0 N–H and O–H groups in total. The second-order valence-electron chi connectivity index (χ2n) is 9.71. The lowest BCUT2D eigenvalue weighted by Crippen LogP contribution is -2.25. The minimum atomic E-state index is -0.291. The van der Waals surface area contributed by atoms with E-state index in [1.807, 2.05) is 11.3 Å². The first-order valence-corrected chi connectivity index (χ1v) is 13.3. The van der Waals surface area contributed by atoms with Crippen LogP contribution in [0.15, 0.2) is 133 Å². The molecule has 0 unspecified atom stereocenters. The van der Waals surface area contributed by atoms with Gasteiger partial charge in [0.15, 0.2) is 0 Å². The molecule has 0 bridgehead atoms. The van der Waals surface area contributed by atoms with Gasteiger partial charge in [0.2, 0.25) is 0 Å². The van der Waals surface area contributed by atoms with Gasteiger partial charge in [-0.15, -0.1) is 11.3 Å². The average molecular weight is 475 g/mol. The lowest BCUT2D eigenvalue weighted by molar-refractivity contribution is 0.812. The number of hydrogen-bond acceptors (Lipinski definition) is 1. The smallest absolute Gasteiger partial charge is 0.0819 e. The molecule has 2 aliphatic carbocycles. The van der Waals surface area contributed by atoms with Crippen molar-refractivity contribution in [3.05, 3.63) is 154 Å². The zero-order valence-electron chi connectivity index (χ0n) is 19.6. The van der Waals surface area contributed by atoms with E-state index in [0.717, 1.165) is 0 Å². The third-order valence-corrected chi connectivity index (χ3v) is 9.01. The molecule has 1 heterocycles. The highest BCUT2D eigenvalue weighted by Crippen LogP contribution is 2.64. The van der Waals surface area contributed by atoms with Crippen molar-refractivity contribution in [3.63, 3.8) is 0 Å². The van der Waals surface area contributed by atoms with E-state index in [1.54, 1.807) is 0 Å². The van der Waals surface area contributed by atoms with Gasteiger partial charge in [-0.05, 0) is 84.8 Å². The first-order chi connectivity index (χ1) is 17.9. The fourth-order valence-electron chi connectivity index (χ4n) is 6.46. The van der Waals surface area contributed by atoms with Gasteiger partial charge in [0.1, 0.15) is 0 Å². The zero-order chi connectivity index (χ0) is 23.7. The Morgan fingerprint density at radius 2 is 0.917 bits per heavy atom. The van der Waals surface area contributed by atoms with Gasteiger partial charge in [-0.2, -0.15) is 0 Å². The molecule has 0 nitrogen and oxygen atoms in total. The third kappa shape index (κ3) is 2.53. The number of benzene rings is 5. The molecule has 168 valence electrons. The molecule has 0 aliphatic heterocycles. The monoisotopic (exact) mass is 474 g/mol. The minimum Gasteiger partial charge on any atom is -0.147 e. The Balaban J connectivity index is 1.49. The van der Waals surface area contributed by atoms with Gasteiger partial charge in [-0.25, -0.2) is 0 Å². The van der Waals surface area contributed by atoms with Crippen LogP contribution in [0, 0.1) is 0 Å². The Morgan fingerprint density at radius 1 is 0.389 bits per heavy atom.